The molecule has 0 fully saturated rings. The van der Waals surface area contributed by atoms with E-state index in [0.29, 0.717) is 23.7 Å². The number of nitriles is 2. The molecule has 3 radical (unpaired) electrons. The first-order valence-corrected chi connectivity index (χ1v) is 34.3. The van der Waals surface area contributed by atoms with Crippen molar-refractivity contribution in [3.8, 4) is 34.8 Å². The van der Waals surface area contributed by atoms with Crippen molar-refractivity contribution in [3.05, 3.63) is 246 Å². The van der Waals surface area contributed by atoms with Crippen LogP contribution in [-0.4, -0.2) is 57.9 Å². The summed E-state index contributed by atoms with van der Waals surface area (Å²) in [5.41, 5.74) is 17.1. The quantitative estimate of drug-likeness (QED) is 0.0847. The molecule has 4 N–H and O–H groups in total. The topological polar surface area (TPSA) is 161 Å². The summed E-state index contributed by atoms with van der Waals surface area (Å²) >= 11 is 10.8. The van der Waals surface area contributed by atoms with Gasteiger partial charge in [0.05, 0.1) is 37.5 Å². The summed E-state index contributed by atoms with van der Waals surface area (Å²) in [6, 6.07) is 55.5. The third kappa shape index (κ3) is 22.6. The molecule has 19 heteroatoms. The Morgan fingerprint density at radius 1 is 0.550 bits per heavy atom. The Morgan fingerprint density at radius 2 is 0.980 bits per heavy atom. The number of hydrogen-bond acceptors (Lipinski definition) is 11. The summed E-state index contributed by atoms with van der Waals surface area (Å²) in [7, 11) is 1.66. The van der Waals surface area contributed by atoms with E-state index in [0.717, 1.165) is 75.3 Å². The molecule has 12 rings (SSSR count). The van der Waals surface area contributed by atoms with E-state index in [1.54, 1.807) is 26.4 Å². The molecule has 4 heterocycles. The Labute approximate surface area is 644 Å². The summed E-state index contributed by atoms with van der Waals surface area (Å²) in [4.78, 5) is 4.91. The summed E-state index contributed by atoms with van der Waals surface area (Å²) < 4.78 is 40.2. The van der Waals surface area contributed by atoms with E-state index in [4.69, 9.17) is 41.9 Å². The molecule has 0 amide bonds. The van der Waals surface area contributed by atoms with Crippen LogP contribution in [-0.2, 0) is 34.7 Å². The molecular formula is C81H94B2Br3F2N7NaO4. The van der Waals surface area contributed by atoms with Gasteiger partial charge >= 0.3 is 36.7 Å². The van der Waals surface area contributed by atoms with Gasteiger partial charge < -0.3 is 51.8 Å². The van der Waals surface area contributed by atoms with E-state index < -0.39 is 12.9 Å². The first-order valence-electron chi connectivity index (χ1n) is 31.9. The number of fused-ring (bicyclic) bond motifs is 4. The average Bonchev–Trinajstić information content (AvgIpc) is 0.777. The number of nitrogens with one attached hydrogen (secondary N) is 2. The van der Waals surface area contributed by atoms with Crippen molar-refractivity contribution >= 4 is 91.5 Å². The molecule has 4 aliphatic rings. The largest absolute Gasteiger partial charge is 1.00 e. The predicted octanol–water partition coefficient (Wildman–Crippen LogP) is 17.3. The van der Waals surface area contributed by atoms with Gasteiger partial charge in [0, 0.05) is 86.9 Å². The van der Waals surface area contributed by atoms with Crippen LogP contribution in [0.2, 0.25) is 0 Å². The van der Waals surface area contributed by atoms with E-state index in [1.807, 2.05) is 36.4 Å². The number of nitrogens with zero attached hydrogens (tertiary/aromatic N) is 5. The maximum absolute atomic E-state index is 13.7. The first kappa shape index (κ1) is 87.3. The monoisotopic (exact) mass is 1550 g/mol. The molecule has 11 nitrogen and oxygen atoms in total. The Balaban J connectivity index is 0.000000326. The number of allylic oxidation sites excluding steroid dienone is 2. The van der Waals surface area contributed by atoms with Crippen molar-refractivity contribution in [1.29, 1.82) is 15.8 Å². The van der Waals surface area contributed by atoms with Crippen molar-refractivity contribution in [3.63, 3.8) is 0 Å². The van der Waals surface area contributed by atoms with Crippen LogP contribution in [0.5, 0.6) is 11.5 Å². The molecule has 3 unspecified atom stereocenters. The predicted molar refractivity (Wildman–Crippen MR) is 418 cm³/mol. The van der Waals surface area contributed by atoms with E-state index in [1.165, 1.54) is 85.2 Å². The molecule has 519 valence electrons. The second-order valence-electron chi connectivity index (χ2n) is 27.5. The maximum atomic E-state index is 13.7. The standard InChI is InChI=1S/C20H24BrNO.C20H22BrNO.C19H19FN2.C12H16BrN.C7H5BFNO2.CN.2CH4.B.Na/c2*1-14-12-20(2,3)18-11-16(21)7-10-19(18)22(14)13-15-5-8-17(23-4)9-6-15;1-12-10-19(2,3)17-9-14(4-5-18(17)22-12)15-6-13(11-21)7-16(20)8-15;1-8-7-12(2,3)10-6-9(13)4-5-11(10)14-8;9-7-2-5(4-10)1-6(3-7)8(11)12;1-2;;;;/h5-11,14H,12-13H2,1-4H3;5-12H,13H2,1-4H3;4-9,12,22H,10H2,1-3H3;4-6,8,14H,7H2,1-3H3;1-3,11-12H;;2*1H4;;/q;;;;;-1;;;;+1. The SMILES string of the molecule is C.C.CC1CC(C)(C)c2cc(-c3cc(F)cc(C#N)c3)ccc2N1.CC1CC(C)(C)c2cc(Br)ccc2N1.COc1ccc(CN2C(C)=CC(C)(C)c3cc(Br)ccc32)cc1.COc1ccc(CN2c3ccc(Br)cc3C(C)(C)CC2C)cc1.N#Cc1cc(F)cc(B(O)O)c1.[B].[C-]#N.[Na+]. The molecule has 3 atom stereocenters. The number of methoxy groups -OCH3 is 2. The van der Waals surface area contributed by atoms with Gasteiger partial charge in [-0.1, -0.05) is 154 Å². The zero-order valence-corrected chi connectivity index (χ0v) is 65.6. The minimum atomic E-state index is -1.74. The van der Waals surface area contributed by atoms with Gasteiger partial charge in [-0.3, -0.25) is 0 Å². The zero-order chi connectivity index (χ0) is 70.6. The summed E-state index contributed by atoms with van der Waals surface area (Å²) in [5.74, 6) is 0.769. The first-order chi connectivity index (χ1) is 45.3. The van der Waals surface area contributed by atoms with Crippen LogP contribution in [0, 0.1) is 46.1 Å². The fourth-order valence-corrected chi connectivity index (χ4v) is 14.6. The van der Waals surface area contributed by atoms with Gasteiger partial charge in [-0.05, 0) is 241 Å². The molecule has 0 spiro atoms. The van der Waals surface area contributed by atoms with Gasteiger partial charge in [0.2, 0.25) is 0 Å². The minimum Gasteiger partial charge on any atom is -0.512 e. The van der Waals surface area contributed by atoms with Gasteiger partial charge in [0.25, 0.3) is 0 Å². The molecule has 8 aromatic rings. The van der Waals surface area contributed by atoms with Gasteiger partial charge in [0.1, 0.15) is 23.1 Å². The van der Waals surface area contributed by atoms with Crippen LogP contribution < -0.4 is 64.9 Å². The van der Waals surface area contributed by atoms with E-state index in [2.05, 4.69) is 248 Å². The number of rotatable bonds is 8. The van der Waals surface area contributed by atoms with Crippen LogP contribution in [0.15, 0.2) is 183 Å². The smallest absolute Gasteiger partial charge is 0.512 e. The third-order valence-electron chi connectivity index (χ3n) is 17.9. The molecular weight excluding hydrogens is 1460 g/mol. The molecule has 0 aromatic heterocycles. The van der Waals surface area contributed by atoms with Crippen molar-refractivity contribution in [2.45, 2.75) is 170 Å². The van der Waals surface area contributed by atoms with Crippen molar-refractivity contribution in [2.75, 3.05) is 34.7 Å². The zero-order valence-electron chi connectivity index (χ0n) is 58.8. The van der Waals surface area contributed by atoms with Crippen molar-refractivity contribution in [1.82, 2.24) is 0 Å². The number of anilines is 4. The van der Waals surface area contributed by atoms with Crippen LogP contribution >= 0.6 is 47.8 Å². The Hall–Kier alpha value is -6.88. The van der Waals surface area contributed by atoms with Crippen LogP contribution in [0.3, 0.4) is 0 Å². The molecule has 0 saturated carbocycles. The number of benzene rings is 8. The molecule has 0 bridgehead atoms. The van der Waals surface area contributed by atoms with Gasteiger partial charge in [-0.15, -0.1) is 0 Å². The van der Waals surface area contributed by atoms with Crippen LogP contribution in [0.25, 0.3) is 11.1 Å². The van der Waals surface area contributed by atoms with Crippen LogP contribution in [0.4, 0.5) is 31.5 Å². The molecule has 4 aliphatic heterocycles. The van der Waals surface area contributed by atoms with Crippen molar-refractivity contribution < 1.29 is 57.9 Å². The molecule has 8 aromatic carbocycles. The third-order valence-corrected chi connectivity index (χ3v) is 19.4. The summed E-state index contributed by atoms with van der Waals surface area (Å²) in [6.07, 6.45) is 5.75. The molecule has 100 heavy (non-hydrogen) atoms. The Bertz CT molecular complexity index is 4180. The Kier molecular flexibility index (Phi) is 33.1. The maximum Gasteiger partial charge on any atom is 1.00 e. The van der Waals surface area contributed by atoms with Crippen molar-refractivity contribution in [2.24, 2.45) is 0 Å². The average molecular weight is 1550 g/mol. The second-order valence-corrected chi connectivity index (χ2v) is 30.2. The number of hydrogen-bond donors (Lipinski definition) is 4. The summed E-state index contributed by atoms with van der Waals surface area (Å²) in [5, 5.41) is 48.0. The Morgan fingerprint density at radius 3 is 1.48 bits per heavy atom. The number of halogens is 5. The van der Waals surface area contributed by atoms with Gasteiger partial charge in [-0.25, -0.2) is 8.78 Å². The van der Waals surface area contributed by atoms with E-state index >= 15 is 0 Å². The second kappa shape index (κ2) is 37.9. The fourth-order valence-electron chi connectivity index (χ4n) is 13.6. The van der Waals surface area contributed by atoms with E-state index in [9.17, 15) is 8.78 Å². The van der Waals surface area contributed by atoms with E-state index in [-0.39, 0.29) is 91.3 Å². The molecule has 0 saturated heterocycles. The number of ether oxygens (including phenoxy) is 2. The fraction of sp³-hybridized carbons (Fsp3) is 0.346. The summed E-state index contributed by atoms with van der Waals surface area (Å²) in [6.45, 7) is 33.8. The van der Waals surface area contributed by atoms with Gasteiger partial charge in [-0.2, -0.15) is 10.5 Å². The normalized spacial score (nSPS) is 16.7. The van der Waals surface area contributed by atoms with Gasteiger partial charge in [0.15, 0.2) is 0 Å². The van der Waals surface area contributed by atoms with Crippen LogP contribution in [0.1, 0.15) is 162 Å². The minimum absolute atomic E-state index is 0. The molecule has 0 aliphatic carbocycles.